The van der Waals surface area contributed by atoms with Crippen LogP contribution < -0.4 is 5.32 Å². The van der Waals surface area contributed by atoms with Gasteiger partial charge in [-0.3, -0.25) is 24.6 Å². The number of carbonyl (C=O) groups is 2. The molecule has 1 aliphatic heterocycles. The van der Waals surface area contributed by atoms with Crippen molar-refractivity contribution >= 4 is 56.6 Å². The van der Waals surface area contributed by atoms with Crippen LogP contribution >= 0.6 is 11.8 Å². The summed E-state index contributed by atoms with van der Waals surface area (Å²) in [6.07, 6.45) is 1.46. The third-order valence-electron chi connectivity index (χ3n) is 5.06. The predicted octanol–water partition coefficient (Wildman–Crippen LogP) is 4.89. The lowest BCUT2D eigenvalue weighted by molar-refractivity contribution is -0.383. The van der Waals surface area contributed by atoms with Crippen molar-refractivity contribution in [2.24, 2.45) is 4.99 Å². The highest BCUT2D eigenvalue weighted by molar-refractivity contribution is 8.15. The number of amides is 2. The van der Waals surface area contributed by atoms with Gasteiger partial charge in [-0.15, -0.1) is 6.58 Å². The van der Waals surface area contributed by atoms with Crippen LogP contribution in [0.1, 0.15) is 6.42 Å². The summed E-state index contributed by atoms with van der Waals surface area (Å²) in [5, 5.41) is 15.5. The van der Waals surface area contributed by atoms with Gasteiger partial charge in [0.15, 0.2) is 5.17 Å². The van der Waals surface area contributed by atoms with Crippen LogP contribution in [0.25, 0.3) is 10.8 Å². The molecule has 0 radical (unpaired) electrons. The first kappa shape index (κ1) is 22.2. The number of benzene rings is 3. The van der Waals surface area contributed by atoms with Crippen LogP contribution in [0.5, 0.6) is 0 Å². The second-order valence-electron chi connectivity index (χ2n) is 7.26. The molecule has 1 heterocycles. The van der Waals surface area contributed by atoms with Crippen LogP contribution in [-0.2, 0) is 9.59 Å². The first-order valence-corrected chi connectivity index (χ1v) is 11.0. The average molecular weight is 461 g/mol. The van der Waals surface area contributed by atoms with Crippen molar-refractivity contribution in [1.29, 1.82) is 0 Å². The van der Waals surface area contributed by atoms with Crippen molar-refractivity contribution in [3.63, 3.8) is 0 Å². The van der Waals surface area contributed by atoms with Crippen molar-refractivity contribution in [2.75, 3.05) is 11.9 Å². The summed E-state index contributed by atoms with van der Waals surface area (Å²) in [5.74, 6) is -0.739. The summed E-state index contributed by atoms with van der Waals surface area (Å²) in [6, 6.07) is 19.5. The number of anilines is 1. The Morgan fingerprint density at radius 3 is 2.67 bits per heavy atom. The molecule has 0 saturated carbocycles. The van der Waals surface area contributed by atoms with Crippen molar-refractivity contribution in [1.82, 2.24) is 4.90 Å². The monoisotopic (exact) mass is 460 g/mol. The lowest BCUT2D eigenvalue weighted by Gasteiger charge is -2.14. The van der Waals surface area contributed by atoms with Gasteiger partial charge in [-0.05, 0) is 17.5 Å². The summed E-state index contributed by atoms with van der Waals surface area (Å²) in [6.45, 7) is 3.98. The highest BCUT2D eigenvalue weighted by Gasteiger charge is 2.38. The van der Waals surface area contributed by atoms with E-state index >= 15 is 0 Å². The fraction of sp³-hybridized carbons (Fsp3) is 0.125. The maximum atomic E-state index is 13.0. The molecule has 1 saturated heterocycles. The third kappa shape index (κ3) is 4.78. The normalized spacial score (nSPS) is 16.8. The van der Waals surface area contributed by atoms with E-state index in [4.69, 9.17) is 4.99 Å². The minimum atomic E-state index is -0.693. The van der Waals surface area contributed by atoms with Gasteiger partial charge in [-0.25, -0.2) is 4.99 Å². The molecular formula is C24H20N4O4S. The number of nitrogens with one attached hydrogen (secondary N) is 1. The molecule has 1 atom stereocenters. The Labute approximate surface area is 194 Å². The van der Waals surface area contributed by atoms with E-state index in [0.29, 0.717) is 5.17 Å². The van der Waals surface area contributed by atoms with Crippen molar-refractivity contribution in [2.45, 2.75) is 11.7 Å². The molecule has 0 aliphatic carbocycles. The SMILES string of the molecule is C=CCN1C(=O)C(CC(=O)Nc2ccccc2[N+](=O)[O-])SC1=Nc1cccc2ccccc12. The lowest BCUT2D eigenvalue weighted by Crippen LogP contribution is -2.33. The second-order valence-corrected chi connectivity index (χ2v) is 8.43. The molecule has 1 N–H and O–H groups in total. The first-order chi connectivity index (χ1) is 16.0. The quantitative estimate of drug-likeness (QED) is 0.307. The van der Waals surface area contributed by atoms with Gasteiger partial charge in [0.2, 0.25) is 11.8 Å². The van der Waals surface area contributed by atoms with Crippen LogP contribution in [0.3, 0.4) is 0 Å². The van der Waals surface area contributed by atoms with E-state index in [9.17, 15) is 19.7 Å². The number of carbonyl (C=O) groups excluding carboxylic acids is 2. The number of nitrogens with zero attached hydrogens (tertiary/aromatic N) is 3. The molecule has 4 rings (SSSR count). The molecule has 166 valence electrons. The molecular weight excluding hydrogens is 440 g/mol. The number of fused-ring (bicyclic) bond motifs is 1. The van der Waals surface area contributed by atoms with Crippen LogP contribution in [0.4, 0.5) is 17.1 Å². The minimum absolute atomic E-state index is 0.0931. The number of hydrogen-bond donors (Lipinski definition) is 1. The maximum absolute atomic E-state index is 13.0. The Kier molecular flexibility index (Phi) is 6.50. The smallest absolute Gasteiger partial charge is 0.292 e. The van der Waals surface area contributed by atoms with Crippen LogP contribution in [0.15, 0.2) is 84.4 Å². The summed E-state index contributed by atoms with van der Waals surface area (Å²) in [4.78, 5) is 42.5. The van der Waals surface area contributed by atoms with Gasteiger partial charge in [-0.1, -0.05) is 66.4 Å². The van der Waals surface area contributed by atoms with Gasteiger partial charge in [0.25, 0.3) is 5.69 Å². The van der Waals surface area contributed by atoms with E-state index in [1.807, 2.05) is 42.5 Å². The first-order valence-electron chi connectivity index (χ1n) is 10.2. The van der Waals surface area contributed by atoms with Crippen molar-refractivity contribution < 1.29 is 14.5 Å². The number of hydrogen-bond acceptors (Lipinski definition) is 6. The fourth-order valence-corrected chi connectivity index (χ4v) is 4.70. The topological polar surface area (TPSA) is 105 Å². The standard InChI is InChI=1S/C24H20N4O4S/c1-2-14-27-23(30)21(15-22(29)25-19-11-5-6-13-20(19)28(31)32)33-24(27)26-18-12-7-9-16-8-3-4-10-17(16)18/h2-13,21H,1,14-15H2,(H,25,29). The molecule has 9 heteroatoms. The zero-order valence-corrected chi connectivity index (χ0v) is 18.3. The molecule has 1 unspecified atom stereocenters. The van der Waals surface area contributed by atoms with Gasteiger partial charge in [0, 0.05) is 24.4 Å². The highest BCUT2D eigenvalue weighted by Crippen LogP contribution is 2.34. The molecule has 0 spiro atoms. The summed E-state index contributed by atoms with van der Waals surface area (Å²) in [7, 11) is 0. The Morgan fingerprint density at radius 2 is 1.88 bits per heavy atom. The average Bonchev–Trinajstić information content (AvgIpc) is 3.08. The lowest BCUT2D eigenvalue weighted by atomic mass is 10.1. The van der Waals surface area contributed by atoms with E-state index < -0.39 is 16.1 Å². The van der Waals surface area contributed by atoms with Gasteiger partial charge >= 0.3 is 0 Å². The zero-order valence-electron chi connectivity index (χ0n) is 17.5. The van der Waals surface area contributed by atoms with Gasteiger partial charge < -0.3 is 5.32 Å². The van der Waals surface area contributed by atoms with E-state index in [-0.39, 0.29) is 30.2 Å². The Morgan fingerprint density at radius 1 is 1.15 bits per heavy atom. The number of para-hydroxylation sites is 2. The van der Waals surface area contributed by atoms with E-state index in [2.05, 4.69) is 11.9 Å². The summed E-state index contributed by atoms with van der Waals surface area (Å²) >= 11 is 1.20. The largest absolute Gasteiger partial charge is 0.320 e. The number of nitro groups is 1. The molecule has 1 aliphatic rings. The van der Waals surface area contributed by atoms with Crippen LogP contribution in [0.2, 0.25) is 0 Å². The molecule has 1 fully saturated rings. The number of aliphatic imine (C=N–C) groups is 1. The number of thioether (sulfide) groups is 1. The van der Waals surface area contributed by atoms with Crippen molar-refractivity contribution in [3.05, 3.63) is 89.5 Å². The fourth-order valence-electron chi connectivity index (χ4n) is 3.54. The number of nitro benzene ring substituents is 1. The van der Waals surface area contributed by atoms with Gasteiger partial charge in [0.1, 0.15) is 10.9 Å². The molecule has 3 aromatic carbocycles. The number of rotatable bonds is 7. The Balaban J connectivity index is 1.57. The minimum Gasteiger partial charge on any atom is -0.320 e. The maximum Gasteiger partial charge on any atom is 0.292 e. The molecule has 2 amide bonds. The third-order valence-corrected chi connectivity index (χ3v) is 6.24. The summed E-state index contributed by atoms with van der Waals surface area (Å²) < 4.78 is 0. The predicted molar refractivity (Wildman–Crippen MR) is 131 cm³/mol. The molecule has 33 heavy (non-hydrogen) atoms. The molecule has 0 aromatic heterocycles. The zero-order chi connectivity index (χ0) is 23.4. The molecule has 3 aromatic rings. The van der Waals surface area contributed by atoms with Gasteiger partial charge in [-0.2, -0.15) is 0 Å². The van der Waals surface area contributed by atoms with E-state index in [0.717, 1.165) is 16.5 Å². The van der Waals surface area contributed by atoms with Crippen LogP contribution in [-0.4, -0.2) is 38.6 Å². The Hall–Kier alpha value is -3.98. The van der Waals surface area contributed by atoms with Crippen LogP contribution in [0, 0.1) is 10.1 Å². The van der Waals surface area contributed by atoms with Crippen molar-refractivity contribution in [3.8, 4) is 0 Å². The summed E-state index contributed by atoms with van der Waals surface area (Å²) in [5.41, 5.74) is 0.612. The van der Waals surface area contributed by atoms with Gasteiger partial charge in [0.05, 0.1) is 10.6 Å². The van der Waals surface area contributed by atoms with E-state index in [1.165, 1.54) is 34.9 Å². The Bertz CT molecular complexity index is 1280. The molecule has 0 bridgehead atoms. The second kappa shape index (κ2) is 9.66. The highest BCUT2D eigenvalue weighted by atomic mass is 32.2. The number of amidine groups is 1. The molecule has 8 nitrogen and oxygen atoms in total. The van der Waals surface area contributed by atoms with E-state index in [1.54, 1.807) is 12.1 Å².